The molecule has 0 spiro atoms. The van der Waals surface area contributed by atoms with Crippen LogP contribution in [0.3, 0.4) is 0 Å². The summed E-state index contributed by atoms with van der Waals surface area (Å²) in [6, 6.07) is -0.299. The van der Waals surface area contributed by atoms with Crippen molar-refractivity contribution in [3.8, 4) is 0 Å². The highest BCUT2D eigenvalue weighted by molar-refractivity contribution is 7.99. The molecular formula is C17H27N5O4S2. The second kappa shape index (κ2) is 9.25. The molecule has 28 heavy (non-hydrogen) atoms. The lowest BCUT2D eigenvalue weighted by Gasteiger charge is -2.20. The molecule has 1 aromatic rings. The maximum Gasteiger partial charge on any atom is 0.230 e. The van der Waals surface area contributed by atoms with Crippen molar-refractivity contribution >= 4 is 33.4 Å². The molecule has 2 amide bonds. The Morgan fingerprint density at radius 1 is 1.29 bits per heavy atom. The lowest BCUT2D eigenvalue weighted by molar-refractivity contribution is -0.131. The number of nitrogens with zero attached hydrogens (tertiary/aromatic N) is 4. The SMILES string of the molecule is CCn1c(CN2CCCCCC2=O)nnc1SCC(=O)N[C@@H]1CCS(=O)(=O)C1. The Morgan fingerprint density at radius 2 is 2.11 bits per heavy atom. The Balaban J connectivity index is 1.56. The molecule has 0 radical (unpaired) electrons. The van der Waals surface area contributed by atoms with Gasteiger partial charge in [-0.1, -0.05) is 18.2 Å². The smallest absolute Gasteiger partial charge is 0.230 e. The largest absolute Gasteiger partial charge is 0.352 e. The van der Waals surface area contributed by atoms with Gasteiger partial charge in [0.25, 0.3) is 0 Å². The van der Waals surface area contributed by atoms with Gasteiger partial charge in [-0.2, -0.15) is 0 Å². The van der Waals surface area contributed by atoms with Crippen LogP contribution in [0.4, 0.5) is 0 Å². The van der Waals surface area contributed by atoms with Crippen LogP contribution in [0.2, 0.25) is 0 Å². The van der Waals surface area contributed by atoms with Crippen molar-refractivity contribution in [3.63, 3.8) is 0 Å². The molecule has 3 heterocycles. The van der Waals surface area contributed by atoms with Gasteiger partial charge in [-0.15, -0.1) is 10.2 Å². The molecule has 2 aliphatic heterocycles. The highest BCUT2D eigenvalue weighted by Gasteiger charge is 2.29. The molecule has 9 nitrogen and oxygen atoms in total. The Bertz CT molecular complexity index is 824. The first-order chi connectivity index (χ1) is 13.4. The van der Waals surface area contributed by atoms with Crippen molar-refractivity contribution in [2.24, 2.45) is 0 Å². The van der Waals surface area contributed by atoms with Gasteiger partial charge >= 0.3 is 0 Å². The van der Waals surface area contributed by atoms with Gasteiger partial charge in [-0.25, -0.2) is 8.42 Å². The number of amides is 2. The quantitative estimate of drug-likeness (QED) is 0.631. The van der Waals surface area contributed by atoms with E-state index in [1.807, 2.05) is 16.4 Å². The molecule has 1 aromatic heterocycles. The zero-order chi connectivity index (χ0) is 20.1. The summed E-state index contributed by atoms with van der Waals surface area (Å²) in [4.78, 5) is 26.2. The first-order valence-electron chi connectivity index (χ1n) is 9.70. The molecule has 2 saturated heterocycles. The van der Waals surface area contributed by atoms with E-state index in [0.29, 0.717) is 31.1 Å². The van der Waals surface area contributed by atoms with Crippen molar-refractivity contribution in [2.75, 3.05) is 23.8 Å². The molecule has 3 rings (SSSR count). The van der Waals surface area contributed by atoms with Crippen molar-refractivity contribution < 1.29 is 18.0 Å². The van der Waals surface area contributed by atoms with Crippen LogP contribution in [0.25, 0.3) is 0 Å². The molecular weight excluding hydrogens is 402 g/mol. The van der Waals surface area contributed by atoms with E-state index in [-0.39, 0.29) is 35.1 Å². The summed E-state index contributed by atoms with van der Waals surface area (Å²) in [6.45, 7) is 3.80. The van der Waals surface area contributed by atoms with Gasteiger partial charge in [0, 0.05) is 25.6 Å². The molecule has 0 saturated carbocycles. The predicted molar refractivity (Wildman–Crippen MR) is 106 cm³/mol. The number of hydrogen-bond donors (Lipinski definition) is 1. The molecule has 11 heteroatoms. The van der Waals surface area contributed by atoms with Crippen LogP contribution >= 0.6 is 11.8 Å². The highest BCUT2D eigenvalue weighted by Crippen LogP contribution is 2.20. The third kappa shape index (κ3) is 5.47. The molecule has 0 aromatic carbocycles. The number of likely N-dealkylation sites (tertiary alicyclic amines) is 1. The maximum absolute atomic E-state index is 12.2. The van der Waals surface area contributed by atoms with E-state index in [1.165, 1.54) is 11.8 Å². The van der Waals surface area contributed by atoms with Gasteiger partial charge in [0.15, 0.2) is 20.8 Å². The average Bonchev–Trinajstić information content (AvgIpc) is 3.12. The van der Waals surface area contributed by atoms with Gasteiger partial charge in [0.1, 0.15) is 0 Å². The topological polar surface area (TPSA) is 114 Å². The minimum atomic E-state index is -3.02. The molecule has 156 valence electrons. The lowest BCUT2D eigenvalue weighted by atomic mass is 10.2. The number of aromatic nitrogens is 3. The second-order valence-corrected chi connectivity index (χ2v) is 10.4. The van der Waals surface area contributed by atoms with E-state index in [2.05, 4.69) is 15.5 Å². The fourth-order valence-electron chi connectivity index (χ4n) is 3.55. The van der Waals surface area contributed by atoms with Crippen LogP contribution in [0.15, 0.2) is 5.16 Å². The summed E-state index contributed by atoms with van der Waals surface area (Å²) in [5.74, 6) is 0.973. The average molecular weight is 430 g/mol. The number of sulfone groups is 1. The molecule has 0 aliphatic carbocycles. The van der Waals surface area contributed by atoms with Crippen molar-refractivity contribution in [2.45, 2.75) is 63.3 Å². The third-order valence-electron chi connectivity index (χ3n) is 5.04. The van der Waals surface area contributed by atoms with Gasteiger partial charge in [-0.05, 0) is 26.2 Å². The van der Waals surface area contributed by atoms with Crippen molar-refractivity contribution in [1.82, 2.24) is 25.0 Å². The normalized spacial score (nSPS) is 22.2. The van der Waals surface area contributed by atoms with Gasteiger partial charge < -0.3 is 14.8 Å². The molecule has 1 atom stereocenters. The second-order valence-electron chi connectivity index (χ2n) is 7.23. The number of hydrogen-bond acceptors (Lipinski definition) is 7. The highest BCUT2D eigenvalue weighted by atomic mass is 32.2. The van der Waals surface area contributed by atoms with E-state index in [9.17, 15) is 18.0 Å². The van der Waals surface area contributed by atoms with E-state index in [1.54, 1.807) is 0 Å². The summed E-state index contributed by atoms with van der Waals surface area (Å²) in [5.41, 5.74) is 0. The molecule has 2 aliphatic rings. The number of rotatable bonds is 7. The van der Waals surface area contributed by atoms with Gasteiger partial charge in [-0.3, -0.25) is 9.59 Å². The fraction of sp³-hybridized carbons (Fsp3) is 0.765. The van der Waals surface area contributed by atoms with Crippen molar-refractivity contribution in [3.05, 3.63) is 5.82 Å². The third-order valence-corrected chi connectivity index (χ3v) is 7.78. The summed E-state index contributed by atoms with van der Waals surface area (Å²) in [5, 5.41) is 11.8. The number of carbonyl (C=O) groups excluding carboxylic acids is 2. The van der Waals surface area contributed by atoms with E-state index in [0.717, 1.165) is 31.6 Å². The Labute approximate surface area is 169 Å². The van der Waals surface area contributed by atoms with Crippen LogP contribution in [0, 0.1) is 0 Å². The lowest BCUT2D eigenvalue weighted by Crippen LogP contribution is -2.36. The molecule has 1 N–H and O–H groups in total. The standard InChI is InChI=1S/C17H27N5O4S2/c1-2-22-14(10-21-8-5-3-4-6-16(21)24)19-20-17(22)27-11-15(23)18-13-7-9-28(25,26)12-13/h13H,2-12H2,1H3,(H,18,23)/t13-/m1/s1. The first-order valence-corrected chi connectivity index (χ1v) is 12.5. The first kappa shape index (κ1) is 21.1. The van der Waals surface area contributed by atoms with Crippen LogP contribution in [0.1, 0.15) is 44.9 Å². The summed E-state index contributed by atoms with van der Waals surface area (Å²) >= 11 is 1.28. The monoisotopic (exact) mass is 429 g/mol. The van der Waals surface area contributed by atoms with Gasteiger partial charge in [0.2, 0.25) is 11.8 Å². The van der Waals surface area contributed by atoms with Crippen LogP contribution in [0.5, 0.6) is 0 Å². The summed E-state index contributed by atoms with van der Waals surface area (Å²) in [7, 11) is -3.02. The fourth-order valence-corrected chi connectivity index (χ4v) is 6.05. The Kier molecular flexibility index (Phi) is 6.97. The number of carbonyl (C=O) groups is 2. The Hall–Kier alpha value is -1.62. The van der Waals surface area contributed by atoms with Crippen LogP contribution < -0.4 is 5.32 Å². The summed E-state index contributed by atoms with van der Waals surface area (Å²) in [6.07, 6.45) is 4.07. The van der Waals surface area contributed by atoms with E-state index in [4.69, 9.17) is 0 Å². The Morgan fingerprint density at radius 3 is 2.82 bits per heavy atom. The molecule has 0 unspecified atom stereocenters. The zero-order valence-corrected chi connectivity index (χ0v) is 17.7. The predicted octanol–water partition coefficient (Wildman–Crippen LogP) is 0.596. The van der Waals surface area contributed by atoms with Crippen LogP contribution in [-0.4, -0.2) is 69.7 Å². The minimum absolute atomic E-state index is 0.0164. The summed E-state index contributed by atoms with van der Waals surface area (Å²) < 4.78 is 24.9. The van der Waals surface area contributed by atoms with Crippen molar-refractivity contribution in [1.29, 1.82) is 0 Å². The number of thioether (sulfide) groups is 1. The van der Waals surface area contributed by atoms with E-state index >= 15 is 0 Å². The molecule has 2 fully saturated rings. The molecule has 0 bridgehead atoms. The van der Waals surface area contributed by atoms with E-state index < -0.39 is 9.84 Å². The minimum Gasteiger partial charge on any atom is -0.352 e. The maximum atomic E-state index is 12.2. The number of nitrogens with one attached hydrogen (secondary N) is 1. The zero-order valence-electron chi connectivity index (χ0n) is 16.1. The van der Waals surface area contributed by atoms with Gasteiger partial charge in [0.05, 0.1) is 23.8 Å². The van der Waals surface area contributed by atoms with Crippen LogP contribution in [-0.2, 0) is 32.5 Å².